The van der Waals surface area contributed by atoms with Gasteiger partial charge in [0.15, 0.2) is 6.61 Å². The summed E-state index contributed by atoms with van der Waals surface area (Å²) < 4.78 is 9.11. The smallest absolute Gasteiger partial charge is 0.307 e. The molecule has 4 nitrogen and oxygen atoms in total. The van der Waals surface area contributed by atoms with E-state index in [4.69, 9.17) is 6.42 Å². The van der Waals surface area contributed by atoms with Crippen molar-refractivity contribution < 1.29 is 19.1 Å². The second-order valence-corrected chi connectivity index (χ2v) is 2.95. The maximum atomic E-state index is 11.0. The number of hydrogen-bond acceptors (Lipinski definition) is 4. The zero-order chi connectivity index (χ0) is 11.0. The van der Waals surface area contributed by atoms with Crippen molar-refractivity contribution in [2.24, 2.45) is 5.92 Å². The van der Waals surface area contributed by atoms with Crippen LogP contribution in [0.1, 0.15) is 19.8 Å². The van der Waals surface area contributed by atoms with Gasteiger partial charge in [-0.25, -0.2) is 0 Å². The SMILES string of the molecule is C#CCOC(=O)CC(C)CC(=O)OC. The highest BCUT2D eigenvalue weighted by Crippen LogP contribution is 2.09. The van der Waals surface area contributed by atoms with E-state index in [2.05, 4.69) is 15.4 Å². The largest absolute Gasteiger partial charge is 0.469 e. The summed E-state index contributed by atoms with van der Waals surface area (Å²) in [7, 11) is 1.31. The molecule has 4 heteroatoms. The molecule has 0 fully saturated rings. The Hall–Kier alpha value is -1.50. The van der Waals surface area contributed by atoms with Gasteiger partial charge in [0.05, 0.1) is 7.11 Å². The van der Waals surface area contributed by atoms with Crippen LogP contribution < -0.4 is 0 Å². The van der Waals surface area contributed by atoms with E-state index in [1.165, 1.54) is 7.11 Å². The van der Waals surface area contributed by atoms with Gasteiger partial charge in [0.25, 0.3) is 0 Å². The number of methoxy groups -OCH3 is 1. The first-order chi connectivity index (χ1) is 6.60. The molecule has 1 unspecified atom stereocenters. The van der Waals surface area contributed by atoms with Crippen molar-refractivity contribution in [2.75, 3.05) is 13.7 Å². The van der Waals surface area contributed by atoms with E-state index in [0.717, 1.165) is 0 Å². The van der Waals surface area contributed by atoms with Crippen molar-refractivity contribution >= 4 is 11.9 Å². The van der Waals surface area contributed by atoms with Gasteiger partial charge in [0, 0.05) is 12.8 Å². The lowest BCUT2D eigenvalue weighted by atomic mass is 10.0. The molecule has 0 aliphatic rings. The van der Waals surface area contributed by atoms with Gasteiger partial charge in [0.2, 0.25) is 0 Å². The van der Waals surface area contributed by atoms with E-state index in [0.29, 0.717) is 0 Å². The molecule has 0 heterocycles. The van der Waals surface area contributed by atoms with Gasteiger partial charge < -0.3 is 9.47 Å². The van der Waals surface area contributed by atoms with Gasteiger partial charge in [-0.15, -0.1) is 6.42 Å². The lowest BCUT2D eigenvalue weighted by Gasteiger charge is -2.08. The Kier molecular flexibility index (Phi) is 6.21. The predicted molar refractivity (Wildman–Crippen MR) is 50.2 cm³/mol. The quantitative estimate of drug-likeness (QED) is 0.483. The number of terminal acetylenes is 1. The van der Waals surface area contributed by atoms with Gasteiger partial charge in [-0.3, -0.25) is 9.59 Å². The van der Waals surface area contributed by atoms with Crippen molar-refractivity contribution in [3.8, 4) is 12.3 Å². The Bertz CT molecular complexity index is 239. The van der Waals surface area contributed by atoms with E-state index in [-0.39, 0.29) is 37.3 Å². The highest BCUT2D eigenvalue weighted by atomic mass is 16.5. The third-order valence-electron chi connectivity index (χ3n) is 1.57. The van der Waals surface area contributed by atoms with Crippen LogP contribution in [-0.2, 0) is 19.1 Å². The van der Waals surface area contributed by atoms with Gasteiger partial charge in [-0.05, 0) is 5.92 Å². The van der Waals surface area contributed by atoms with Crippen LogP contribution in [0.3, 0.4) is 0 Å². The Morgan fingerprint density at radius 1 is 1.36 bits per heavy atom. The Balaban J connectivity index is 3.72. The predicted octanol–water partition coefficient (Wildman–Crippen LogP) is 0.752. The normalized spacial score (nSPS) is 11.2. The molecule has 0 rings (SSSR count). The van der Waals surface area contributed by atoms with Gasteiger partial charge in [0.1, 0.15) is 0 Å². The van der Waals surface area contributed by atoms with Crippen LogP contribution in [0.2, 0.25) is 0 Å². The van der Waals surface area contributed by atoms with Crippen molar-refractivity contribution in [2.45, 2.75) is 19.8 Å². The first kappa shape index (κ1) is 12.5. The number of ether oxygens (including phenoxy) is 2. The van der Waals surface area contributed by atoms with Gasteiger partial charge >= 0.3 is 11.9 Å². The topological polar surface area (TPSA) is 52.6 Å². The number of carbonyl (C=O) groups excluding carboxylic acids is 2. The molecule has 0 aromatic carbocycles. The Morgan fingerprint density at radius 3 is 2.43 bits per heavy atom. The second-order valence-electron chi connectivity index (χ2n) is 2.95. The Morgan fingerprint density at radius 2 is 1.93 bits per heavy atom. The molecule has 0 radical (unpaired) electrons. The fourth-order valence-electron chi connectivity index (χ4n) is 0.906. The van der Waals surface area contributed by atoms with E-state index < -0.39 is 0 Å². The summed E-state index contributed by atoms with van der Waals surface area (Å²) >= 11 is 0. The molecule has 0 saturated heterocycles. The Labute approximate surface area is 83.6 Å². The molecule has 0 spiro atoms. The van der Waals surface area contributed by atoms with Gasteiger partial charge in [-0.1, -0.05) is 12.8 Å². The van der Waals surface area contributed by atoms with Crippen LogP contribution in [0.25, 0.3) is 0 Å². The van der Waals surface area contributed by atoms with Crippen LogP contribution in [0.5, 0.6) is 0 Å². The molecular weight excluding hydrogens is 184 g/mol. The number of esters is 2. The van der Waals surface area contributed by atoms with Crippen LogP contribution in [0.15, 0.2) is 0 Å². The molecule has 0 N–H and O–H groups in total. The van der Waals surface area contributed by atoms with E-state index >= 15 is 0 Å². The summed E-state index contributed by atoms with van der Waals surface area (Å²) in [6.45, 7) is 1.75. The summed E-state index contributed by atoms with van der Waals surface area (Å²) in [4.78, 5) is 21.8. The molecule has 1 atom stereocenters. The van der Waals surface area contributed by atoms with Crippen LogP contribution >= 0.6 is 0 Å². The minimum Gasteiger partial charge on any atom is -0.469 e. The average Bonchev–Trinajstić information content (AvgIpc) is 2.14. The fourth-order valence-corrected chi connectivity index (χ4v) is 0.906. The summed E-state index contributed by atoms with van der Waals surface area (Å²) in [6, 6.07) is 0. The second kappa shape index (κ2) is 6.96. The number of hydrogen-bond donors (Lipinski definition) is 0. The maximum Gasteiger partial charge on any atom is 0.307 e. The van der Waals surface area contributed by atoms with Crippen molar-refractivity contribution in [3.05, 3.63) is 0 Å². The fraction of sp³-hybridized carbons (Fsp3) is 0.600. The molecule has 0 saturated carbocycles. The first-order valence-corrected chi connectivity index (χ1v) is 4.26. The molecule has 0 bridgehead atoms. The lowest BCUT2D eigenvalue weighted by Crippen LogP contribution is -2.13. The third kappa shape index (κ3) is 6.06. The number of carbonyl (C=O) groups is 2. The van der Waals surface area contributed by atoms with E-state index in [9.17, 15) is 9.59 Å². The first-order valence-electron chi connectivity index (χ1n) is 4.26. The number of rotatable bonds is 5. The monoisotopic (exact) mass is 198 g/mol. The molecule has 0 aromatic rings. The third-order valence-corrected chi connectivity index (χ3v) is 1.57. The molecule has 14 heavy (non-hydrogen) atoms. The van der Waals surface area contributed by atoms with Crippen molar-refractivity contribution in [3.63, 3.8) is 0 Å². The molecule has 0 aliphatic carbocycles. The average molecular weight is 198 g/mol. The van der Waals surface area contributed by atoms with Crippen LogP contribution in [-0.4, -0.2) is 25.7 Å². The zero-order valence-electron chi connectivity index (χ0n) is 8.41. The van der Waals surface area contributed by atoms with Crippen molar-refractivity contribution in [1.29, 1.82) is 0 Å². The molecule has 0 amide bonds. The standard InChI is InChI=1S/C10H14O4/c1-4-5-14-10(12)7-8(2)6-9(11)13-3/h1,8H,5-7H2,2-3H3. The summed E-state index contributed by atoms with van der Waals surface area (Å²) in [5.41, 5.74) is 0. The zero-order valence-corrected chi connectivity index (χ0v) is 8.41. The van der Waals surface area contributed by atoms with Crippen molar-refractivity contribution in [1.82, 2.24) is 0 Å². The van der Waals surface area contributed by atoms with Crippen LogP contribution in [0.4, 0.5) is 0 Å². The summed E-state index contributed by atoms with van der Waals surface area (Å²) in [6.07, 6.45) is 5.30. The summed E-state index contributed by atoms with van der Waals surface area (Å²) in [5.74, 6) is 1.38. The molecule has 0 aliphatic heterocycles. The van der Waals surface area contributed by atoms with E-state index in [1.54, 1.807) is 6.92 Å². The molecule has 0 aromatic heterocycles. The minimum atomic E-state index is -0.389. The highest BCUT2D eigenvalue weighted by Gasteiger charge is 2.13. The molecular formula is C10H14O4. The highest BCUT2D eigenvalue weighted by molar-refractivity contribution is 5.73. The molecule has 78 valence electrons. The summed E-state index contributed by atoms with van der Waals surface area (Å²) in [5, 5.41) is 0. The maximum absolute atomic E-state index is 11.0. The minimum absolute atomic E-state index is 0.0240. The van der Waals surface area contributed by atoms with Gasteiger partial charge in [-0.2, -0.15) is 0 Å². The van der Waals surface area contributed by atoms with E-state index in [1.807, 2.05) is 0 Å². The lowest BCUT2D eigenvalue weighted by molar-refractivity contribution is -0.145. The van der Waals surface area contributed by atoms with Crippen LogP contribution in [0, 0.1) is 18.3 Å².